The Morgan fingerprint density at radius 3 is 2.56 bits per heavy atom. The molecule has 1 saturated carbocycles. The molecular weight excluding hydrogens is 344 g/mol. The van der Waals surface area contributed by atoms with Crippen molar-refractivity contribution in [1.29, 1.82) is 0 Å². The quantitative estimate of drug-likeness (QED) is 0.667. The number of carbonyl (C=O) groups excluding carboxylic acids is 2. The van der Waals surface area contributed by atoms with Crippen molar-refractivity contribution in [3.05, 3.63) is 29.3 Å². The molecule has 1 aromatic carbocycles. The second kappa shape index (κ2) is 9.77. The van der Waals surface area contributed by atoms with E-state index in [4.69, 9.17) is 14.2 Å². The summed E-state index contributed by atoms with van der Waals surface area (Å²) < 4.78 is 16.1. The molecule has 0 radical (unpaired) electrons. The molecule has 0 aromatic heterocycles. The van der Waals surface area contributed by atoms with Gasteiger partial charge in [-0.2, -0.15) is 0 Å². The van der Waals surface area contributed by atoms with Crippen molar-refractivity contribution in [2.45, 2.75) is 60.0 Å². The molecule has 5 heteroatoms. The fraction of sp³-hybridized carbons (Fsp3) is 0.636. The third-order valence-corrected chi connectivity index (χ3v) is 5.28. The molecule has 2 rings (SSSR count). The van der Waals surface area contributed by atoms with Crippen molar-refractivity contribution < 1.29 is 23.8 Å². The number of hydrogen-bond acceptors (Lipinski definition) is 5. The van der Waals surface area contributed by atoms with Gasteiger partial charge in [-0.25, -0.2) is 9.59 Å². The zero-order chi connectivity index (χ0) is 20.0. The van der Waals surface area contributed by atoms with Crippen molar-refractivity contribution in [3.63, 3.8) is 0 Å². The van der Waals surface area contributed by atoms with Crippen LogP contribution in [0, 0.1) is 31.6 Å². The average Bonchev–Trinajstić information content (AvgIpc) is 2.60. The highest BCUT2D eigenvalue weighted by Crippen LogP contribution is 2.35. The molecule has 1 aliphatic rings. The maximum Gasteiger partial charge on any atom is 0.344 e. The van der Waals surface area contributed by atoms with E-state index >= 15 is 0 Å². The van der Waals surface area contributed by atoms with Gasteiger partial charge in [0.1, 0.15) is 11.9 Å². The van der Waals surface area contributed by atoms with Crippen LogP contribution in [0.4, 0.5) is 0 Å². The first-order valence-corrected chi connectivity index (χ1v) is 9.81. The van der Waals surface area contributed by atoms with Gasteiger partial charge in [0.05, 0.1) is 0 Å². The van der Waals surface area contributed by atoms with E-state index in [2.05, 4.69) is 20.8 Å². The highest BCUT2D eigenvalue weighted by molar-refractivity contribution is 5.77. The molecule has 1 aliphatic carbocycles. The second-order valence-corrected chi connectivity index (χ2v) is 8.07. The molecule has 5 nitrogen and oxygen atoms in total. The summed E-state index contributed by atoms with van der Waals surface area (Å²) in [7, 11) is 0. The SMILES string of the molecule is Cc1ccc(C)c(OCC(=O)OCC(=O)OC2CC(C)CCC2C(C)C)c1. The molecule has 0 amide bonds. The van der Waals surface area contributed by atoms with Gasteiger partial charge >= 0.3 is 11.9 Å². The van der Waals surface area contributed by atoms with Crippen LogP contribution < -0.4 is 4.74 Å². The Bertz CT molecular complexity index is 652. The van der Waals surface area contributed by atoms with Crippen LogP contribution in [0.5, 0.6) is 5.75 Å². The second-order valence-electron chi connectivity index (χ2n) is 8.07. The molecule has 3 atom stereocenters. The van der Waals surface area contributed by atoms with Crippen molar-refractivity contribution in [2.75, 3.05) is 13.2 Å². The molecular formula is C22H32O5. The molecule has 150 valence electrons. The Labute approximate surface area is 162 Å². The summed E-state index contributed by atoms with van der Waals surface area (Å²) in [4.78, 5) is 24.0. The fourth-order valence-corrected chi connectivity index (χ4v) is 3.63. The molecule has 0 bridgehead atoms. The lowest BCUT2D eigenvalue weighted by Crippen LogP contribution is -2.37. The third-order valence-electron chi connectivity index (χ3n) is 5.28. The van der Waals surface area contributed by atoms with Gasteiger partial charge in [0, 0.05) is 0 Å². The van der Waals surface area contributed by atoms with E-state index < -0.39 is 11.9 Å². The van der Waals surface area contributed by atoms with E-state index in [0.717, 1.165) is 24.0 Å². The average molecular weight is 376 g/mol. The molecule has 0 aliphatic heterocycles. The van der Waals surface area contributed by atoms with Gasteiger partial charge < -0.3 is 14.2 Å². The standard InChI is InChI=1S/C22H32O5/c1-14(2)18-9-7-16(4)11-20(18)27-22(24)13-26-21(23)12-25-19-10-15(3)6-8-17(19)5/h6,8,10,14,16,18,20H,7,9,11-13H2,1-5H3. The maximum atomic E-state index is 12.1. The van der Waals surface area contributed by atoms with E-state index in [1.165, 1.54) is 6.42 Å². The van der Waals surface area contributed by atoms with Gasteiger partial charge in [-0.1, -0.05) is 39.3 Å². The van der Waals surface area contributed by atoms with Crippen molar-refractivity contribution in [2.24, 2.45) is 17.8 Å². The van der Waals surface area contributed by atoms with E-state index in [9.17, 15) is 9.59 Å². The predicted octanol–water partition coefficient (Wildman–Crippen LogP) is 4.23. The molecule has 27 heavy (non-hydrogen) atoms. The van der Waals surface area contributed by atoms with Gasteiger partial charge in [0.15, 0.2) is 13.2 Å². The highest BCUT2D eigenvalue weighted by Gasteiger charge is 2.33. The summed E-state index contributed by atoms with van der Waals surface area (Å²) >= 11 is 0. The number of rotatable bonds is 7. The third kappa shape index (κ3) is 6.56. The monoisotopic (exact) mass is 376 g/mol. The van der Waals surface area contributed by atoms with Gasteiger partial charge in [-0.05, 0) is 61.6 Å². The molecule has 3 unspecified atom stereocenters. The van der Waals surface area contributed by atoms with Crippen LogP contribution >= 0.6 is 0 Å². The summed E-state index contributed by atoms with van der Waals surface area (Å²) in [6.07, 6.45) is 3.02. The Balaban J connectivity index is 1.77. The summed E-state index contributed by atoms with van der Waals surface area (Å²) in [6, 6.07) is 5.78. The van der Waals surface area contributed by atoms with Crippen LogP contribution in [-0.4, -0.2) is 31.3 Å². The van der Waals surface area contributed by atoms with Crippen LogP contribution in [0.25, 0.3) is 0 Å². The van der Waals surface area contributed by atoms with Crippen molar-refractivity contribution in [1.82, 2.24) is 0 Å². The maximum absolute atomic E-state index is 12.1. The highest BCUT2D eigenvalue weighted by atomic mass is 16.6. The van der Waals surface area contributed by atoms with Gasteiger partial charge in [0.2, 0.25) is 0 Å². The van der Waals surface area contributed by atoms with Gasteiger partial charge in [-0.3, -0.25) is 0 Å². The van der Waals surface area contributed by atoms with Crippen molar-refractivity contribution >= 4 is 11.9 Å². The molecule has 0 saturated heterocycles. The Kier molecular flexibility index (Phi) is 7.69. The molecule has 1 aromatic rings. The topological polar surface area (TPSA) is 61.8 Å². The zero-order valence-corrected chi connectivity index (χ0v) is 17.1. The summed E-state index contributed by atoms with van der Waals surface area (Å²) in [6.45, 7) is 9.77. The summed E-state index contributed by atoms with van der Waals surface area (Å²) in [5.41, 5.74) is 1.99. The first-order valence-electron chi connectivity index (χ1n) is 9.81. The lowest BCUT2D eigenvalue weighted by atomic mass is 9.75. The van der Waals surface area contributed by atoms with E-state index in [1.807, 2.05) is 32.0 Å². The van der Waals surface area contributed by atoms with Gasteiger partial charge in [0.25, 0.3) is 0 Å². The molecule has 1 fully saturated rings. The Morgan fingerprint density at radius 1 is 1.11 bits per heavy atom. The minimum absolute atomic E-state index is 0.0915. The first kappa shape index (κ1) is 21.3. The zero-order valence-electron chi connectivity index (χ0n) is 17.1. The Morgan fingerprint density at radius 2 is 1.85 bits per heavy atom. The van der Waals surface area contributed by atoms with Crippen LogP contribution in [-0.2, 0) is 19.1 Å². The number of esters is 2. The Hall–Kier alpha value is -2.04. The number of ether oxygens (including phenoxy) is 3. The minimum atomic E-state index is -0.578. The lowest BCUT2D eigenvalue weighted by Gasteiger charge is -2.36. The minimum Gasteiger partial charge on any atom is -0.482 e. The molecule has 0 heterocycles. The van der Waals surface area contributed by atoms with Crippen LogP contribution in [0.15, 0.2) is 18.2 Å². The van der Waals surface area contributed by atoms with Crippen LogP contribution in [0.1, 0.15) is 51.2 Å². The smallest absolute Gasteiger partial charge is 0.344 e. The lowest BCUT2D eigenvalue weighted by molar-refractivity contribution is -0.167. The predicted molar refractivity (Wildman–Crippen MR) is 104 cm³/mol. The fourth-order valence-electron chi connectivity index (χ4n) is 3.63. The first-order chi connectivity index (χ1) is 12.8. The number of carbonyl (C=O) groups is 2. The molecule has 0 spiro atoms. The number of aryl methyl sites for hydroxylation is 2. The molecule has 0 N–H and O–H groups in total. The van der Waals surface area contributed by atoms with E-state index in [-0.39, 0.29) is 19.3 Å². The van der Waals surface area contributed by atoms with E-state index in [1.54, 1.807) is 0 Å². The number of benzene rings is 1. The van der Waals surface area contributed by atoms with Crippen LogP contribution in [0.3, 0.4) is 0 Å². The summed E-state index contributed by atoms with van der Waals surface area (Å²) in [5, 5.41) is 0. The van der Waals surface area contributed by atoms with Crippen molar-refractivity contribution in [3.8, 4) is 5.75 Å². The van der Waals surface area contributed by atoms with Gasteiger partial charge in [-0.15, -0.1) is 0 Å². The summed E-state index contributed by atoms with van der Waals surface area (Å²) in [5.74, 6) is 0.958. The largest absolute Gasteiger partial charge is 0.482 e. The van der Waals surface area contributed by atoms with E-state index in [0.29, 0.717) is 23.5 Å². The normalized spacial score (nSPS) is 22.4. The van der Waals surface area contributed by atoms with Crippen LogP contribution in [0.2, 0.25) is 0 Å². The number of hydrogen-bond donors (Lipinski definition) is 0.